The Kier molecular flexibility index (Phi) is 11.4. The van der Waals surface area contributed by atoms with Gasteiger partial charge in [-0.3, -0.25) is 14.6 Å². The van der Waals surface area contributed by atoms with Gasteiger partial charge in [-0.05, 0) is 35.4 Å². The van der Waals surface area contributed by atoms with Crippen LogP contribution in [0.2, 0.25) is 0 Å². The topological polar surface area (TPSA) is 118 Å². The number of fused-ring (bicyclic) bond motifs is 1. The molecule has 0 bridgehead atoms. The van der Waals surface area contributed by atoms with Crippen LogP contribution in [-0.4, -0.2) is 54.9 Å². The number of allylic oxidation sites excluding steroid dienone is 2. The molecule has 0 unspecified atom stereocenters. The summed E-state index contributed by atoms with van der Waals surface area (Å²) >= 11 is 0. The molecule has 218 valence electrons. The summed E-state index contributed by atoms with van der Waals surface area (Å²) in [7, 11) is 0. The van der Waals surface area contributed by atoms with Crippen molar-refractivity contribution in [2.45, 2.75) is 0 Å². The van der Waals surface area contributed by atoms with E-state index in [2.05, 4.69) is 28.7 Å². The Labute approximate surface area is 253 Å². The largest absolute Gasteiger partial charge is 0.473 e. The fraction of sp³-hybridized carbons (Fsp3) is 0.114. The van der Waals surface area contributed by atoms with Gasteiger partial charge in [-0.2, -0.15) is 0 Å². The molecule has 1 aliphatic carbocycles. The SMILES string of the molecule is O=C(/C=C/c1ccccc1)OCC#CCOC1=C(OCC#CCOC(=O)/C=C/c2ccccc2)C(=O)c2ncccc2C1=O. The molecule has 44 heavy (non-hydrogen) atoms. The maximum Gasteiger partial charge on any atom is 0.331 e. The highest BCUT2D eigenvalue weighted by Gasteiger charge is 2.36. The van der Waals surface area contributed by atoms with Gasteiger partial charge < -0.3 is 18.9 Å². The van der Waals surface area contributed by atoms with Crippen molar-refractivity contribution in [3.63, 3.8) is 0 Å². The molecule has 9 heteroatoms. The van der Waals surface area contributed by atoms with Gasteiger partial charge in [0.2, 0.25) is 17.3 Å². The van der Waals surface area contributed by atoms with Crippen molar-refractivity contribution in [2.24, 2.45) is 0 Å². The Bertz CT molecular complexity index is 1600. The van der Waals surface area contributed by atoms with E-state index in [1.165, 1.54) is 30.5 Å². The molecule has 0 spiro atoms. The van der Waals surface area contributed by atoms with E-state index in [0.717, 1.165) is 11.1 Å². The molecule has 2 aromatic carbocycles. The molecule has 0 radical (unpaired) electrons. The zero-order valence-electron chi connectivity index (χ0n) is 23.4. The molecule has 0 atom stereocenters. The minimum absolute atomic E-state index is 0.0634. The summed E-state index contributed by atoms with van der Waals surface area (Å²) in [6.07, 6.45) is 7.19. The number of nitrogens with zero attached hydrogens (tertiary/aromatic N) is 1. The number of Topliss-reactive ketones (excluding diaryl/α,β-unsaturated/α-hetero) is 2. The monoisotopic (exact) mass is 587 g/mol. The average molecular weight is 588 g/mol. The molecule has 9 nitrogen and oxygen atoms in total. The van der Waals surface area contributed by atoms with Crippen LogP contribution in [0.1, 0.15) is 32.0 Å². The van der Waals surface area contributed by atoms with Crippen molar-refractivity contribution in [3.05, 3.63) is 125 Å². The standard InChI is InChI=1S/C35H25NO8/c37-29(19-17-26-12-3-1-4-13-26)41-22-7-9-24-43-34-32(39)28-16-11-21-36-31(28)33(40)35(34)44-25-10-8-23-42-30(38)20-18-27-14-5-2-6-15-27/h1-6,11-21H,22-25H2/b19-17+,20-18+. The molecule has 3 aromatic rings. The van der Waals surface area contributed by atoms with E-state index in [1.807, 2.05) is 60.7 Å². The highest BCUT2D eigenvalue weighted by atomic mass is 16.5. The third-order valence-corrected chi connectivity index (χ3v) is 5.71. The first-order valence-electron chi connectivity index (χ1n) is 13.3. The van der Waals surface area contributed by atoms with Crippen molar-refractivity contribution in [2.75, 3.05) is 26.4 Å². The number of carbonyl (C=O) groups excluding carboxylic acids is 4. The highest BCUT2D eigenvalue weighted by molar-refractivity contribution is 6.24. The molecule has 0 N–H and O–H groups in total. The molecular weight excluding hydrogens is 562 g/mol. The van der Waals surface area contributed by atoms with Crippen LogP contribution in [0.4, 0.5) is 0 Å². The fourth-order valence-electron chi connectivity index (χ4n) is 3.66. The minimum atomic E-state index is -0.651. The van der Waals surface area contributed by atoms with Gasteiger partial charge in [-0.15, -0.1) is 0 Å². The van der Waals surface area contributed by atoms with Gasteiger partial charge >= 0.3 is 11.9 Å². The summed E-state index contributed by atoms with van der Waals surface area (Å²) in [4.78, 5) is 53.8. The third kappa shape index (κ3) is 9.16. The van der Waals surface area contributed by atoms with Crippen molar-refractivity contribution < 1.29 is 38.1 Å². The van der Waals surface area contributed by atoms with Gasteiger partial charge in [-0.1, -0.05) is 84.3 Å². The predicted molar refractivity (Wildman–Crippen MR) is 160 cm³/mol. The zero-order chi connectivity index (χ0) is 31.0. The zero-order valence-corrected chi connectivity index (χ0v) is 23.4. The molecule has 0 amide bonds. The van der Waals surface area contributed by atoms with Crippen LogP contribution in [-0.2, 0) is 28.5 Å². The lowest BCUT2D eigenvalue weighted by Crippen LogP contribution is -2.26. The highest BCUT2D eigenvalue weighted by Crippen LogP contribution is 2.26. The third-order valence-electron chi connectivity index (χ3n) is 5.71. The summed E-state index contributed by atoms with van der Waals surface area (Å²) in [5.74, 6) is 7.39. The molecule has 1 heterocycles. The maximum absolute atomic E-state index is 13.1. The number of benzene rings is 2. The summed E-state index contributed by atoms with van der Waals surface area (Å²) < 4.78 is 21.1. The second-order valence-corrected chi connectivity index (χ2v) is 8.70. The summed E-state index contributed by atoms with van der Waals surface area (Å²) in [6.45, 7) is -0.986. The molecule has 1 aliphatic rings. The summed E-state index contributed by atoms with van der Waals surface area (Å²) in [6, 6.07) is 21.5. The van der Waals surface area contributed by atoms with Crippen molar-refractivity contribution >= 4 is 35.7 Å². The fourth-order valence-corrected chi connectivity index (χ4v) is 3.66. The Hall–Kier alpha value is -6.19. The number of hydrogen-bond donors (Lipinski definition) is 0. The van der Waals surface area contributed by atoms with Crippen molar-refractivity contribution in [3.8, 4) is 23.7 Å². The van der Waals surface area contributed by atoms with Gasteiger partial charge in [0, 0.05) is 18.3 Å². The number of pyridine rings is 1. The lowest BCUT2D eigenvalue weighted by atomic mass is 9.97. The van der Waals surface area contributed by atoms with Crippen LogP contribution < -0.4 is 0 Å². The number of carbonyl (C=O) groups is 4. The molecule has 4 rings (SSSR count). The van der Waals surface area contributed by atoms with Crippen LogP contribution in [0.3, 0.4) is 0 Å². The first-order valence-corrected chi connectivity index (χ1v) is 13.3. The number of rotatable bonds is 10. The first kappa shape index (κ1) is 30.8. The number of ether oxygens (including phenoxy) is 4. The summed E-state index contributed by atoms with van der Waals surface area (Å²) in [5, 5.41) is 0. The molecule has 0 saturated carbocycles. The van der Waals surface area contributed by atoms with E-state index in [4.69, 9.17) is 18.9 Å². The van der Waals surface area contributed by atoms with Crippen molar-refractivity contribution in [1.29, 1.82) is 0 Å². The van der Waals surface area contributed by atoms with E-state index in [9.17, 15) is 19.2 Å². The van der Waals surface area contributed by atoms with Crippen LogP contribution in [0.25, 0.3) is 12.2 Å². The second kappa shape index (κ2) is 16.3. The van der Waals surface area contributed by atoms with E-state index in [-0.39, 0.29) is 49.2 Å². The predicted octanol–water partition coefficient (Wildman–Crippen LogP) is 4.23. The number of esters is 2. The lowest BCUT2D eigenvalue weighted by Gasteiger charge is -2.19. The molecular formula is C35H25NO8. The van der Waals surface area contributed by atoms with E-state index >= 15 is 0 Å². The van der Waals surface area contributed by atoms with Crippen LogP contribution >= 0.6 is 0 Å². The molecule has 0 aliphatic heterocycles. The second-order valence-electron chi connectivity index (χ2n) is 8.70. The number of ketones is 2. The normalized spacial score (nSPS) is 12.1. The Morgan fingerprint density at radius 1 is 0.614 bits per heavy atom. The molecule has 1 aromatic heterocycles. The van der Waals surface area contributed by atoms with E-state index < -0.39 is 23.5 Å². The van der Waals surface area contributed by atoms with Gasteiger partial charge in [0.05, 0.1) is 5.56 Å². The van der Waals surface area contributed by atoms with Gasteiger partial charge in [0.1, 0.15) is 18.9 Å². The number of aromatic nitrogens is 1. The Morgan fingerprint density at radius 3 is 1.61 bits per heavy atom. The Morgan fingerprint density at radius 2 is 1.09 bits per heavy atom. The summed E-state index contributed by atoms with van der Waals surface area (Å²) in [5.41, 5.74) is 1.68. The number of hydrogen-bond acceptors (Lipinski definition) is 9. The average Bonchev–Trinajstić information content (AvgIpc) is 3.06. The van der Waals surface area contributed by atoms with Gasteiger partial charge in [-0.25, -0.2) is 9.59 Å². The van der Waals surface area contributed by atoms with Crippen LogP contribution in [0.15, 0.2) is 103 Å². The van der Waals surface area contributed by atoms with E-state index in [0.29, 0.717) is 0 Å². The molecule has 0 fully saturated rings. The van der Waals surface area contributed by atoms with Gasteiger partial charge in [0.15, 0.2) is 13.2 Å². The van der Waals surface area contributed by atoms with E-state index in [1.54, 1.807) is 12.2 Å². The van der Waals surface area contributed by atoms with Crippen molar-refractivity contribution in [1.82, 2.24) is 4.98 Å². The minimum Gasteiger partial charge on any atom is -0.473 e. The maximum atomic E-state index is 13.1. The van der Waals surface area contributed by atoms with Gasteiger partial charge in [0.25, 0.3) is 5.78 Å². The van der Waals surface area contributed by atoms with Crippen LogP contribution in [0.5, 0.6) is 0 Å². The lowest BCUT2D eigenvalue weighted by molar-refractivity contribution is -0.137. The smallest absolute Gasteiger partial charge is 0.331 e. The van der Waals surface area contributed by atoms with Crippen LogP contribution in [0, 0.1) is 23.7 Å². The molecule has 0 saturated heterocycles. The first-order chi connectivity index (χ1) is 21.5. The quantitative estimate of drug-likeness (QED) is 0.195. The Balaban J connectivity index is 1.30.